The Morgan fingerprint density at radius 1 is 1.36 bits per heavy atom. The van der Waals surface area contributed by atoms with Crippen LogP contribution in [0.2, 0.25) is 0 Å². The molecule has 3 rings (SSSR count). The van der Waals surface area contributed by atoms with Crippen LogP contribution in [0.1, 0.15) is 31.0 Å². The summed E-state index contributed by atoms with van der Waals surface area (Å²) in [6, 6.07) is 8.10. The van der Waals surface area contributed by atoms with Crippen LogP contribution in [-0.2, 0) is 11.2 Å². The van der Waals surface area contributed by atoms with Crippen molar-refractivity contribution in [3.05, 3.63) is 35.4 Å². The van der Waals surface area contributed by atoms with E-state index in [0.29, 0.717) is 19.0 Å². The van der Waals surface area contributed by atoms with Crippen LogP contribution in [0.15, 0.2) is 24.3 Å². The number of amides is 3. The van der Waals surface area contributed by atoms with E-state index in [2.05, 4.69) is 31.3 Å². The van der Waals surface area contributed by atoms with Crippen LogP contribution in [0.3, 0.4) is 0 Å². The molecule has 2 heterocycles. The van der Waals surface area contributed by atoms with Crippen molar-refractivity contribution >= 4 is 11.9 Å². The predicted octanol–water partition coefficient (Wildman–Crippen LogP) is 1.79. The Morgan fingerprint density at radius 2 is 2.14 bits per heavy atom. The number of urea groups is 1. The molecule has 5 nitrogen and oxygen atoms in total. The number of hydrogen-bond acceptors (Lipinski definition) is 2. The molecule has 1 unspecified atom stereocenters. The van der Waals surface area contributed by atoms with Gasteiger partial charge in [0, 0.05) is 19.6 Å². The Kier molecular flexibility index (Phi) is 4.05. The van der Waals surface area contributed by atoms with Gasteiger partial charge in [0.2, 0.25) is 5.91 Å². The maximum Gasteiger partial charge on any atom is 0.317 e. The third-order valence-electron chi connectivity index (χ3n) is 4.40. The third kappa shape index (κ3) is 2.80. The summed E-state index contributed by atoms with van der Waals surface area (Å²) < 4.78 is 0. The van der Waals surface area contributed by atoms with Gasteiger partial charge in [-0.1, -0.05) is 38.1 Å². The topological polar surface area (TPSA) is 52.7 Å². The second-order valence-corrected chi connectivity index (χ2v) is 6.51. The van der Waals surface area contributed by atoms with E-state index >= 15 is 0 Å². The predicted molar refractivity (Wildman–Crippen MR) is 84.4 cm³/mol. The quantitative estimate of drug-likeness (QED) is 0.905. The lowest BCUT2D eigenvalue weighted by Crippen LogP contribution is -2.57. The molecule has 0 aromatic heterocycles. The van der Waals surface area contributed by atoms with Gasteiger partial charge in [-0.05, 0) is 23.5 Å². The number of nitrogens with zero attached hydrogens (tertiary/aromatic N) is 2. The van der Waals surface area contributed by atoms with Crippen LogP contribution in [0.25, 0.3) is 0 Å². The molecule has 1 atom stereocenters. The molecular weight excluding hydrogens is 278 g/mol. The smallest absolute Gasteiger partial charge is 0.317 e. The molecule has 1 saturated heterocycles. The van der Waals surface area contributed by atoms with E-state index in [1.807, 2.05) is 17.0 Å². The van der Waals surface area contributed by atoms with Gasteiger partial charge in [-0.2, -0.15) is 0 Å². The highest BCUT2D eigenvalue weighted by atomic mass is 16.2. The van der Waals surface area contributed by atoms with Crippen molar-refractivity contribution in [3.63, 3.8) is 0 Å². The molecule has 2 aliphatic rings. The van der Waals surface area contributed by atoms with E-state index < -0.39 is 0 Å². The minimum absolute atomic E-state index is 0.00370. The third-order valence-corrected chi connectivity index (χ3v) is 4.40. The van der Waals surface area contributed by atoms with Crippen LogP contribution in [0, 0.1) is 5.92 Å². The molecule has 1 aromatic carbocycles. The Bertz CT molecular complexity index is 585. The highest BCUT2D eigenvalue weighted by Crippen LogP contribution is 2.32. The zero-order valence-corrected chi connectivity index (χ0v) is 13.2. The molecule has 0 bridgehead atoms. The minimum Gasteiger partial charge on any atom is -0.338 e. The van der Waals surface area contributed by atoms with Crippen LogP contribution >= 0.6 is 0 Å². The SMILES string of the molecule is CC(C)CNC(=O)N1CC(=O)N2CCc3ccccc3C2C1. The van der Waals surface area contributed by atoms with Gasteiger partial charge in [-0.15, -0.1) is 0 Å². The Labute approximate surface area is 131 Å². The van der Waals surface area contributed by atoms with E-state index in [1.54, 1.807) is 4.90 Å². The summed E-state index contributed by atoms with van der Waals surface area (Å²) in [5.41, 5.74) is 2.48. The molecule has 118 valence electrons. The minimum atomic E-state index is -0.134. The molecule has 3 amide bonds. The summed E-state index contributed by atoms with van der Waals surface area (Å²) in [5, 5.41) is 2.91. The number of hydrogen-bond donors (Lipinski definition) is 1. The van der Waals surface area contributed by atoms with Gasteiger partial charge in [0.05, 0.1) is 6.04 Å². The van der Waals surface area contributed by atoms with Crippen molar-refractivity contribution in [2.75, 3.05) is 26.2 Å². The van der Waals surface area contributed by atoms with Gasteiger partial charge in [0.25, 0.3) is 0 Å². The number of fused-ring (bicyclic) bond motifs is 3. The van der Waals surface area contributed by atoms with Gasteiger partial charge in [-0.3, -0.25) is 4.79 Å². The monoisotopic (exact) mass is 301 g/mol. The zero-order chi connectivity index (χ0) is 15.7. The molecule has 5 heteroatoms. The fraction of sp³-hybridized carbons (Fsp3) is 0.529. The van der Waals surface area contributed by atoms with Crippen molar-refractivity contribution in [3.8, 4) is 0 Å². The van der Waals surface area contributed by atoms with E-state index in [4.69, 9.17) is 0 Å². The summed E-state index contributed by atoms with van der Waals surface area (Å²) in [6.07, 6.45) is 0.901. The van der Waals surface area contributed by atoms with Crippen LogP contribution in [-0.4, -0.2) is 47.9 Å². The van der Waals surface area contributed by atoms with E-state index in [-0.39, 0.29) is 24.5 Å². The van der Waals surface area contributed by atoms with Gasteiger partial charge in [-0.25, -0.2) is 4.79 Å². The lowest BCUT2D eigenvalue weighted by atomic mass is 9.91. The fourth-order valence-corrected chi connectivity index (χ4v) is 3.23. The molecule has 0 radical (unpaired) electrons. The lowest BCUT2D eigenvalue weighted by Gasteiger charge is -2.44. The first-order valence-electron chi connectivity index (χ1n) is 7.96. The first kappa shape index (κ1) is 14.9. The molecule has 22 heavy (non-hydrogen) atoms. The van der Waals surface area contributed by atoms with Crippen LogP contribution < -0.4 is 5.32 Å². The number of piperazine rings is 1. The van der Waals surface area contributed by atoms with Crippen LogP contribution in [0.5, 0.6) is 0 Å². The lowest BCUT2D eigenvalue weighted by molar-refractivity contribution is -0.139. The summed E-state index contributed by atoms with van der Waals surface area (Å²) in [4.78, 5) is 28.2. The Balaban J connectivity index is 1.77. The summed E-state index contributed by atoms with van der Waals surface area (Å²) >= 11 is 0. The Hall–Kier alpha value is -2.04. The number of nitrogens with one attached hydrogen (secondary N) is 1. The van der Waals surface area contributed by atoms with E-state index in [0.717, 1.165) is 13.0 Å². The summed E-state index contributed by atoms with van der Waals surface area (Å²) in [6.45, 7) is 6.26. The average Bonchev–Trinajstić information content (AvgIpc) is 2.52. The number of rotatable bonds is 2. The van der Waals surface area contributed by atoms with E-state index in [9.17, 15) is 9.59 Å². The van der Waals surface area contributed by atoms with Gasteiger partial charge in [0.1, 0.15) is 6.54 Å². The second-order valence-electron chi connectivity index (χ2n) is 6.51. The van der Waals surface area contributed by atoms with Crippen LogP contribution in [0.4, 0.5) is 4.79 Å². The van der Waals surface area contributed by atoms with Crippen molar-refractivity contribution in [1.82, 2.24) is 15.1 Å². The number of carbonyl (C=O) groups excluding carboxylic acids is 2. The first-order chi connectivity index (χ1) is 10.6. The van der Waals surface area contributed by atoms with Crippen molar-refractivity contribution in [2.45, 2.75) is 26.3 Å². The van der Waals surface area contributed by atoms with Gasteiger partial charge in [0.15, 0.2) is 0 Å². The number of carbonyl (C=O) groups is 2. The molecule has 1 fully saturated rings. The zero-order valence-electron chi connectivity index (χ0n) is 13.2. The largest absolute Gasteiger partial charge is 0.338 e. The summed E-state index contributed by atoms with van der Waals surface area (Å²) in [5.74, 6) is 0.446. The summed E-state index contributed by atoms with van der Waals surface area (Å²) in [7, 11) is 0. The molecular formula is C17H23N3O2. The molecule has 1 aromatic rings. The average molecular weight is 301 g/mol. The highest BCUT2D eigenvalue weighted by Gasteiger charge is 2.38. The number of benzene rings is 1. The molecule has 0 spiro atoms. The van der Waals surface area contributed by atoms with Crippen molar-refractivity contribution in [1.29, 1.82) is 0 Å². The first-order valence-corrected chi connectivity index (χ1v) is 7.96. The fourth-order valence-electron chi connectivity index (χ4n) is 3.23. The van der Waals surface area contributed by atoms with E-state index in [1.165, 1.54) is 11.1 Å². The second kappa shape index (κ2) is 5.99. The van der Waals surface area contributed by atoms with Gasteiger partial charge < -0.3 is 15.1 Å². The Morgan fingerprint density at radius 3 is 2.91 bits per heavy atom. The molecule has 2 aliphatic heterocycles. The molecule has 1 N–H and O–H groups in total. The maximum atomic E-state index is 12.4. The highest BCUT2D eigenvalue weighted by molar-refractivity contribution is 5.86. The molecule has 0 aliphatic carbocycles. The maximum absolute atomic E-state index is 12.4. The standard InChI is InChI=1S/C17H23N3O2/c1-12(2)9-18-17(22)19-10-15-14-6-4-3-5-13(14)7-8-20(15)16(21)11-19/h3-6,12,15H,7-11H2,1-2H3,(H,18,22). The molecule has 0 saturated carbocycles. The normalized spacial score (nSPS) is 20.7. The van der Waals surface area contributed by atoms with Crippen molar-refractivity contribution < 1.29 is 9.59 Å². The van der Waals surface area contributed by atoms with Gasteiger partial charge >= 0.3 is 6.03 Å². The van der Waals surface area contributed by atoms with Crippen molar-refractivity contribution in [2.24, 2.45) is 5.92 Å².